The van der Waals surface area contributed by atoms with Gasteiger partial charge in [0.05, 0.1) is 17.9 Å². The van der Waals surface area contributed by atoms with E-state index in [0.717, 1.165) is 53.2 Å². The van der Waals surface area contributed by atoms with Gasteiger partial charge in [-0.1, -0.05) is 0 Å². The van der Waals surface area contributed by atoms with E-state index in [4.69, 9.17) is 17.0 Å². The lowest BCUT2D eigenvalue weighted by Crippen LogP contribution is -2.54. The van der Waals surface area contributed by atoms with Crippen molar-refractivity contribution in [3.8, 4) is 16.8 Å². The minimum atomic E-state index is -0.536. The number of rotatable bonds is 5. The van der Waals surface area contributed by atoms with E-state index in [-0.39, 0.29) is 10.7 Å². The van der Waals surface area contributed by atoms with Gasteiger partial charge in [0.1, 0.15) is 22.4 Å². The molecule has 0 spiro atoms. The molecular formula is C28H26N4O3S2. The summed E-state index contributed by atoms with van der Waals surface area (Å²) < 4.78 is 7.55. The molecule has 1 N–H and O–H groups in total. The zero-order valence-electron chi connectivity index (χ0n) is 20.9. The van der Waals surface area contributed by atoms with Crippen molar-refractivity contribution in [3.63, 3.8) is 0 Å². The number of aromatic nitrogens is 1. The first-order chi connectivity index (χ1) is 17.8. The van der Waals surface area contributed by atoms with Gasteiger partial charge in [0.15, 0.2) is 5.11 Å². The Bertz CT molecular complexity index is 1510. The molecule has 188 valence electrons. The first kappa shape index (κ1) is 24.9. The Morgan fingerprint density at radius 3 is 2.62 bits per heavy atom. The van der Waals surface area contributed by atoms with Gasteiger partial charge in [0.25, 0.3) is 11.8 Å². The standard InChI is InChI=1S/C28H26N4O3S2/c1-4-35-20-11-9-19(10-12-20)32-26(34)22(25(33)30-28(32)36)14-18-13-16(2)31(17(18)3)27-23(15-29)21-7-5-6-8-24(21)37-27/h9-14H,4-8H2,1-3H3,(H,30,33,36)/b22-14+. The van der Waals surface area contributed by atoms with Gasteiger partial charge >= 0.3 is 0 Å². The summed E-state index contributed by atoms with van der Waals surface area (Å²) >= 11 is 7.00. The second-order valence-corrected chi connectivity index (χ2v) is 10.5. The van der Waals surface area contributed by atoms with E-state index >= 15 is 0 Å². The number of nitriles is 1. The molecule has 3 aromatic rings. The molecule has 1 saturated heterocycles. The van der Waals surface area contributed by atoms with E-state index in [1.54, 1.807) is 41.7 Å². The quantitative estimate of drug-likeness (QED) is 0.281. The van der Waals surface area contributed by atoms with Crippen LogP contribution in [0.5, 0.6) is 5.75 Å². The number of hydrogen-bond acceptors (Lipinski definition) is 6. The van der Waals surface area contributed by atoms with Gasteiger partial charge in [0.2, 0.25) is 0 Å². The maximum Gasteiger partial charge on any atom is 0.270 e. The maximum absolute atomic E-state index is 13.5. The van der Waals surface area contributed by atoms with Crippen LogP contribution in [0.3, 0.4) is 0 Å². The molecule has 0 radical (unpaired) electrons. The molecular weight excluding hydrogens is 504 g/mol. The van der Waals surface area contributed by atoms with E-state index < -0.39 is 11.8 Å². The Labute approximate surface area is 225 Å². The summed E-state index contributed by atoms with van der Waals surface area (Å²) in [4.78, 5) is 29.0. The van der Waals surface area contributed by atoms with Crippen LogP contribution in [-0.4, -0.2) is 28.1 Å². The fourth-order valence-corrected chi connectivity index (χ4v) is 6.71. The van der Waals surface area contributed by atoms with Crippen LogP contribution in [0.15, 0.2) is 35.9 Å². The molecule has 9 heteroatoms. The van der Waals surface area contributed by atoms with Gasteiger partial charge in [-0.15, -0.1) is 11.3 Å². The number of amides is 2. The Balaban J connectivity index is 1.53. The summed E-state index contributed by atoms with van der Waals surface area (Å²) in [6.07, 6.45) is 5.78. The number of carbonyl (C=O) groups is 2. The van der Waals surface area contributed by atoms with Crippen LogP contribution in [-0.2, 0) is 22.4 Å². The van der Waals surface area contributed by atoms with E-state index in [9.17, 15) is 14.9 Å². The number of anilines is 1. The fourth-order valence-electron chi connectivity index (χ4n) is 4.98. The maximum atomic E-state index is 13.5. The summed E-state index contributed by atoms with van der Waals surface area (Å²) in [5, 5.41) is 13.5. The van der Waals surface area contributed by atoms with Crippen molar-refractivity contribution < 1.29 is 14.3 Å². The molecule has 37 heavy (non-hydrogen) atoms. The van der Waals surface area contributed by atoms with E-state index in [0.29, 0.717) is 18.0 Å². The van der Waals surface area contributed by atoms with Crippen molar-refractivity contribution in [1.82, 2.24) is 9.88 Å². The molecule has 2 aliphatic rings. The fraction of sp³-hybridized carbons (Fsp3) is 0.286. The molecule has 0 atom stereocenters. The van der Waals surface area contributed by atoms with Crippen LogP contribution in [0, 0.1) is 25.2 Å². The molecule has 1 aliphatic carbocycles. The zero-order chi connectivity index (χ0) is 26.3. The van der Waals surface area contributed by atoms with Crippen LogP contribution in [0.2, 0.25) is 0 Å². The van der Waals surface area contributed by atoms with Crippen molar-refractivity contribution in [1.29, 1.82) is 5.26 Å². The number of nitrogens with zero attached hydrogens (tertiary/aromatic N) is 3. The van der Waals surface area contributed by atoms with E-state index in [1.807, 2.05) is 26.8 Å². The normalized spacial score (nSPS) is 16.5. The number of benzene rings is 1. The minimum absolute atomic E-state index is 0.00582. The lowest BCUT2D eigenvalue weighted by molar-refractivity contribution is -0.122. The minimum Gasteiger partial charge on any atom is -0.494 e. The van der Waals surface area contributed by atoms with Crippen LogP contribution >= 0.6 is 23.6 Å². The number of thiophene rings is 1. The van der Waals surface area contributed by atoms with Crippen LogP contribution in [0.25, 0.3) is 11.1 Å². The van der Waals surface area contributed by atoms with Crippen LogP contribution < -0.4 is 15.0 Å². The number of thiocarbonyl (C=S) groups is 1. The highest BCUT2D eigenvalue weighted by molar-refractivity contribution is 7.80. The topological polar surface area (TPSA) is 87.4 Å². The number of nitrogens with one attached hydrogen (secondary N) is 1. The van der Waals surface area contributed by atoms with Crippen LogP contribution in [0.1, 0.15) is 52.7 Å². The third-order valence-electron chi connectivity index (χ3n) is 6.75. The van der Waals surface area contributed by atoms with Crippen molar-refractivity contribution in [3.05, 3.63) is 68.9 Å². The highest BCUT2D eigenvalue weighted by Crippen LogP contribution is 2.38. The molecule has 1 fully saturated rings. The number of fused-ring (bicyclic) bond motifs is 1. The monoisotopic (exact) mass is 530 g/mol. The highest BCUT2D eigenvalue weighted by Gasteiger charge is 2.35. The first-order valence-electron chi connectivity index (χ1n) is 12.2. The summed E-state index contributed by atoms with van der Waals surface area (Å²) in [6, 6.07) is 11.4. The predicted octanol–water partition coefficient (Wildman–Crippen LogP) is 5.14. The molecule has 3 heterocycles. The molecule has 5 rings (SSSR count). The van der Waals surface area contributed by atoms with Crippen molar-refractivity contribution in [2.24, 2.45) is 0 Å². The Hall–Kier alpha value is -3.74. The second-order valence-electron chi connectivity index (χ2n) is 9.05. The van der Waals surface area contributed by atoms with Crippen molar-refractivity contribution in [2.45, 2.75) is 46.5 Å². The van der Waals surface area contributed by atoms with Gasteiger partial charge < -0.3 is 9.30 Å². The summed E-state index contributed by atoms with van der Waals surface area (Å²) in [7, 11) is 0. The van der Waals surface area contributed by atoms with E-state index in [1.165, 1.54) is 15.3 Å². The third kappa shape index (κ3) is 4.37. The molecule has 0 unspecified atom stereocenters. The largest absolute Gasteiger partial charge is 0.494 e. The molecule has 0 bridgehead atoms. The lowest BCUT2D eigenvalue weighted by Gasteiger charge is -2.29. The van der Waals surface area contributed by atoms with E-state index in [2.05, 4.69) is 16.0 Å². The molecule has 2 aromatic heterocycles. The zero-order valence-corrected chi connectivity index (χ0v) is 22.5. The SMILES string of the molecule is CCOc1ccc(N2C(=O)/C(=C/c3cc(C)n(-c4sc5c(c4C#N)CCCC5)c3C)C(=O)NC2=S)cc1. The predicted molar refractivity (Wildman–Crippen MR) is 148 cm³/mol. The van der Waals surface area contributed by atoms with Gasteiger partial charge in [-0.25, -0.2) is 0 Å². The summed E-state index contributed by atoms with van der Waals surface area (Å²) in [6.45, 7) is 6.35. The number of ether oxygens (including phenoxy) is 1. The number of aryl methyl sites for hydroxylation is 2. The average Bonchev–Trinajstić information content (AvgIpc) is 3.38. The van der Waals surface area contributed by atoms with Crippen LogP contribution in [0.4, 0.5) is 5.69 Å². The van der Waals surface area contributed by atoms with Crippen molar-refractivity contribution >= 4 is 52.2 Å². The molecule has 1 aliphatic heterocycles. The molecule has 2 amide bonds. The first-order valence-corrected chi connectivity index (χ1v) is 13.4. The van der Waals surface area contributed by atoms with Gasteiger partial charge in [-0.3, -0.25) is 19.8 Å². The average molecular weight is 531 g/mol. The summed E-state index contributed by atoms with van der Waals surface area (Å²) in [5.74, 6) is -0.348. The van der Waals surface area contributed by atoms with Gasteiger partial charge in [0, 0.05) is 16.3 Å². The van der Waals surface area contributed by atoms with Gasteiger partial charge in [-0.05, 0) is 106 Å². The Morgan fingerprint density at radius 2 is 1.92 bits per heavy atom. The third-order valence-corrected chi connectivity index (χ3v) is 8.31. The molecule has 0 saturated carbocycles. The molecule has 7 nitrogen and oxygen atoms in total. The smallest absolute Gasteiger partial charge is 0.270 e. The van der Waals surface area contributed by atoms with Gasteiger partial charge in [-0.2, -0.15) is 5.26 Å². The number of hydrogen-bond donors (Lipinski definition) is 1. The second kappa shape index (κ2) is 9.96. The summed E-state index contributed by atoms with van der Waals surface area (Å²) in [5.41, 5.74) is 4.97. The molecule has 1 aromatic carbocycles. The Morgan fingerprint density at radius 1 is 1.19 bits per heavy atom. The highest BCUT2D eigenvalue weighted by atomic mass is 32.1. The number of carbonyl (C=O) groups excluding carboxylic acids is 2. The Kier molecular flexibility index (Phi) is 6.71. The van der Waals surface area contributed by atoms with Crippen molar-refractivity contribution in [2.75, 3.05) is 11.5 Å². The lowest BCUT2D eigenvalue weighted by atomic mass is 9.96.